The summed E-state index contributed by atoms with van der Waals surface area (Å²) < 4.78 is 17.0. The van der Waals surface area contributed by atoms with Crippen LogP contribution in [-0.4, -0.2) is 74.1 Å². The van der Waals surface area contributed by atoms with Gasteiger partial charge >= 0.3 is 0 Å². The van der Waals surface area contributed by atoms with Gasteiger partial charge in [-0.2, -0.15) is 0 Å². The normalized spacial score (nSPS) is 16.8. The van der Waals surface area contributed by atoms with E-state index >= 15 is 0 Å². The molecule has 1 heterocycles. The number of methoxy groups -OCH3 is 1. The number of aliphatic hydroxyl groups excluding tert-OH is 1. The van der Waals surface area contributed by atoms with E-state index in [4.69, 9.17) is 14.2 Å². The monoisotopic (exact) mass is 524 g/mol. The Balaban J connectivity index is 2.09. The van der Waals surface area contributed by atoms with Gasteiger partial charge in [0.05, 0.1) is 31.9 Å². The van der Waals surface area contributed by atoms with Crippen LogP contribution in [0.1, 0.15) is 55.8 Å². The highest BCUT2D eigenvalue weighted by molar-refractivity contribution is 6.46. The molecule has 0 bridgehead atoms. The summed E-state index contributed by atoms with van der Waals surface area (Å²) in [4.78, 5) is 30.2. The van der Waals surface area contributed by atoms with Gasteiger partial charge < -0.3 is 29.1 Å². The van der Waals surface area contributed by atoms with Crippen LogP contribution in [0.5, 0.6) is 17.2 Å². The molecule has 8 heteroatoms. The van der Waals surface area contributed by atoms with Crippen LogP contribution in [0.25, 0.3) is 5.76 Å². The number of Topliss-reactive ketones (excluding diaryl/α,β-unsaturated/α-hetero) is 1. The Morgan fingerprint density at radius 1 is 1.00 bits per heavy atom. The molecule has 8 nitrogen and oxygen atoms in total. The number of aliphatic hydroxyl groups is 1. The van der Waals surface area contributed by atoms with Crippen molar-refractivity contribution in [1.29, 1.82) is 0 Å². The second-order valence-corrected chi connectivity index (χ2v) is 9.67. The van der Waals surface area contributed by atoms with Crippen molar-refractivity contribution >= 4 is 17.4 Å². The molecule has 1 aliphatic rings. The molecule has 2 aromatic carbocycles. The van der Waals surface area contributed by atoms with Crippen LogP contribution in [-0.2, 0) is 9.59 Å². The largest absolute Gasteiger partial charge is 0.507 e. The van der Waals surface area contributed by atoms with Gasteiger partial charge in [0.1, 0.15) is 11.5 Å². The Bertz CT molecular complexity index is 1170. The van der Waals surface area contributed by atoms with E-state index in [9.17, 15) is 14.7 Å². The van der Waals surface area contributed by atoms with E-state index in [-0.39, 0.29) is 11.3 Å². The molecule has 1 fully saturated rings. The fourth-order valence-corrected chi connectivity index (χ4v) is 4.58. The van der Waals surface area contributed by atoms with E-state index in [1.54, 1.807) is 42.3 Å². The third-order valence-electron chi connectivity index (χ3n) is 6.55. The maximum absolute atomic E-state index is 13.4. The molecule has 0 unspecified atom stereocenters. The van der Waals surface area contributed by atoms with Crippen molar-refractivity contribution in [2.75, 3.05) is 47.5 Å². The summed E-state index contributed by atoms with van der Waals surface area (Å²) in [6.07, 6.45) is 2.65. The zero-order chi connectivity index (χ0) is 27.8. The number of rotatable bonds is 13. The summed E-state index contributed by atoms with van der Waals surface area (Å²) in [5.74, 6) is 0.252. The summed E-state index contributed by atoms with van der Waals surface area (Å²) in [5.41, 5.74) is 2.02. The lowest BCUT2D eigenvalue weighted by molar-refractivity contribution is -0.139. The second kappa shape index (κ2) is 13.3. The van der Waals surface area contributed by atoms with Crippen molar-refractivity contribution in [1.82, 2.24) is 9.80 Å². The molecule has 1 N–H and O–H groups in total. The number of unbranched alkanes of at least 4 members (excludes halogenated alkanes) is 1. The fourth-order valence-electron chi connectivity index (χ4n) is 4.58. The number of benzene rings is 2. The maximum atomic E-state index is 13.4. The highest BCUT2D eigenvalue weighted by atomic mass is 16.5. The summed E-state index contributed by atoms with van der Waals surface area (Å²) in [5, 5.41) is 11.4. The molecule has 3 rings (SSSR count). The summed E-state index contributed by atoms with van der Waals surface area (Å²) >= 11 is 0. The van der Waals surface area contributed by atoms with Crippen LogP contribution < -0.4 is 14.2 Å². The van der Waals surface area contributed by atoms with Gasteiger partial charge in [0.2, 0.25) is 0 Å². The number of likely N-dealkylation sites (tertiary alicyclic amines) is 1. The third-order valence-corrected chi connectivity index (χ3v) is 6.55. The van der Waals surface area contributed by atoms with Crippen molar-refractivity contribution in [3.63, 3.8) is 0 Å². The minimum absolute atomic E-state index is 0.0603. The summed E-state index contributed by atoms with van der Waals surface area (Å²) in [6, 6.07) is 9.88. The van der Waals surface area contributed by atoms with E-state index in [2.05, 4.69) is 6.92 Å². The fraction of sp³-hybridized carbons (Fsp3) is 0.467. The molecule has 1 amide bonds. The molecular formula is C30H40N2O6. The van der Waals surface area contributed by atoms with Crippen LogP contribution >= 0.6 is 0 Å². The molecule has 0 radical (unpaired) electrons. The van der Waals surface area contributed by atoms with E-state index in [1.165, 1.54) is 0 Å². The lowest BCUT2D eigenvalue weighted by Gasteiger charge is -2.26. The summed E-state index contributed by atoms with van der Waals surface area (Å²) in [7, 11) is 5.46. The molecule has 0 aliphatic carbocycles. The SMILES string of the molecule is CCCCOc1ccc(/C(O)=C2\C(=O)C(=O)N(CCCN(C)C)[C@H]2c2ccc(OCC)c(OC)c2)cc1C. The van der Waals surface area contributed by atoms with Gasteiger partial charge in [0.15, 0.2) is 11.5 Å². The van der Waals surface area contributed by atoms with E-state index < -0.39 is 17.7 Å². The van der Waals surface area contributed by atoms with Gasteiger partial charge in [-0.1, -0.05) is 19.4 Å². The van der Waals surface area contributed by atoms with E-state index in [0.29, 0.717) is 48.8 Å². The number of carbonyl (C=O) groups excluding carboxylic acids is 2. The van der Waals surface area contributed by atoms with Gasteiger partial charge in [-0.15, -0.1) is 0 Å². The number of ether oxygens (including phenoxy) is 3. The number of carbonyl (C=O) groups is 2. The molecule has 0 aromatic heterocycles. The first-order valence-electron chi connectivity index (χ1n) is 13.2. The van der Waals surface area contributed by atoms with Crippen molar-refractivity contribution in [2.24, 2.45) is 0 Å². The van der Waals surface area contributed by atoms with Crippen LogP contribution in [0.3, 0.4) is 0 Å². The minimum atomic E-state index is -0.762. The number of aryl methyl sites for hydroxylation is 1. The first-order chi connectivity index (χ1) is 18.2. The lowest BCUT2D eigenvalue weighted by Crippen LogP contribution is -2.32. The predicted molar refractivity (Wildman–Crippen MR) is 148 cm³/mol. The van der Waals surface area contributed by atoms with E-state index in [0.717, 1.165) is 30.7 Å². The van der Waals surface area contributed by atoms with Crippen LogP contribution in [0.2, 0.25) is 0 Å². The minimum Gasteiger partial charge on any atom is -0.507 e. The number of amides is 1. The zero-order valence-corrected chi connectivity index (χ0v) is 23.4. The van der Waals surface area contributed by atoms with Gasteiger partial charge in [-0.3, -0.25) is 9.59 Å². The molecule has 38 heavy (non-hydrogen) atoms. The molecule has 1 atom stereocenters. The first kappa shape index (κ1) is 29.0. The van der Waals surface area contributed by atoms with Gasteiger partial charge in [-0.25, -0.2) is 0 Å². The molecule has 2 aromatic rings. The molecule has 0 saturated carbocycles. The highest BCUT2D eigenvalue weighted by Crippen LogP contribution is 2.42. The smallest absolute Gasteiger partial charge is 0.295 e. The third kappa shape index (κ3) is 6.48. The van der Waals surface area contributed by atoms with Crippen LogP contribution in [0.15, 0.2) is 42.0 Å². The number of hydrogen-bond donors (Lipinski definition) is 1. The Kier molecular flexibility index (Phi) is 10.2. The highest BCUT2D eigenvalue weighted by Gasteiger charge is 2.46. The van der Waals surface area contributed by atoms with Gasteiger partial charge in [0.25, 0.3) is 11.7 Å². The zero-order valence-electron chi connectivity index (χ0n) is 23.4. The van der Waals surface area contributed by atoms with Crippen LogP contribution in [0.4, 0.5) is 0 Å². The van der Waals surface area contributed by atoms with Gasteiger partial charge in [-0.05, 0) is 88.8 Å². The first-order valence-corrected chi connectivity index (χ1v) is 13.2. The van der Waals surface area contributed by atoms with Crippen molar-refractivity contribution in [2.45, 2.75) is 46.1 Å². The molecule has 1 saturated heterocycles. The Hall–Kier alpha value is -3.52. The predicted octanol–water partition coefficient (Wildman–Crippen LogP) is 4.95. The van der Waals surface area contributed by atoms with E-state index in [1.807, 2.05) is 38.9 Å². The average molecular weight is 525 g/mol. The standard InChI is InChI=1S/C30H40N2O6/c1-7-9-17-38-23-13-12-22(18-20(23)3)28(33)26-27(21-11-14-24(37-8-2)25(19-21)36-6)32(30(35)29(26)34)16-10-15-31(4)5/h11-14,18-19,27,33H,7-10,15-17H2,1-6H3/b28-26+/t27-/m0/s1. The molecule has 206 valence electrons. The van der Waals surface area contributed by atoms with Gasteiger partial charge in [0, 0.05) is 12.1 Å². The van der Waals surface area contributed by atoms with Crippen molar-refractivity contribution in [3.05, 3.63) is 58.7 Å². The van der Waals surface area contributed by atoms with Crippen LogP contribution in [0, 0.1) is 6.92 Å². The van der Waals surface area contributed by atoms with Crippen molar-refractivity contribution < 1.29 is 28.9 Å². The lowest BCUT2D eigenvalue weighted by atomic mass is 9.94. The quantitative estimate of drug-likeness (QED) is 0.172. The number of ketones is 1. The molecule has 1 aliphatic heterocycles. The van der Waals surface area contributed by atoms with Crippen molar-refractivity contribution in [3.8, 4) is 17.2 Å². The number of hydrogen-bond acceptors (Lipinski definition) is 7. The summed E-state index contributed by atoms with van der Waals surface area (Å²) in [6.45, 7) is 8.08. The topological polar surface area (TPSA) is 88.5 Å². The Labute approximate surface area is 225 Å². The molecular weight excluding hydrogens is 484 g/mol. The maximum Gasteiger partial charge on any atom is 0.295 e. The average Bonchev–Trinajstić information content (AvgIpc) is 3.14. The number of nitrogens with zero attached hydrogens (tertiary/aromatic N) is 2. The molecule has 0 spiro atoms. The Morgan fingerprint density at radius 3 is 2.37 bits per heavy atom. The Morgan fingerprint density at radius 2 is 1.74 bits per heavy atom. The second-order valence-electron chi connectivity index (χ2n) is 9.67.